The molecule has 0 saturated heterocycles. The lowest BCUT2D eigenvalue weighted by Gasteiger charge is -2.28. The van der Waals surface area contributed by atoms with E-state index in [0.29, 0.717) is 12.5 Å². The van der Waals surface area contributed by atoms with Crippen LogP contribution in [0.4, 0.5) is 0 Å². The van der Waals surface area contributed by atoms with Gasteiger partial charge in [0.25, 0.3) is 0 Å². The number of aliphatic hydroxyl groups excluding tert-OH is 1. The highest BCUT2D eigenvalue weighted by Gasteiger charge is 2.21. The van der Waals surface area contributed by atoms with Crippen LogP contribution in [0.2, 0.25) is 0 Å². The van der Waals surface area contributed by atoms with Crippen LogP contribution in [-0.4, -0.2) is 30.4 Å². The molecule has 1 aromatic carbocycles. The van der Waals surface area contributed by atoms with Crippen molar-refractivity contribution in [3.63, 3.8) is 0 Å². The summed E-state index contributed by atoms with van der Waals surface area (Å²) in [5.74, 6) is 1.52. The Bertz CT molecular complexity index is 408. The van der Waals surface area contributed by atoms with Crippen LogP contribution in [0, 0.1) is 0 Å². The fraction of sp³-hybridized carbons (Fsp3) is 0.667. The minimum absolute atomic E-state index is 0.157. The summed E-state index contributed by atoms with van der Waals surface area (Å²) in [6, 6.07) is 8.30. The topological polar surface area (TPSA) is 41.5 Å². The van der Waals surface area contributed by atoms with Crippen molar-refractivity contribution in [2.45, 2.75) is 58.4 Å². The molecule has 120 valence electrons. The lowest BCUT2D eigenvalue weighted by atomic mass is 9.96. The second kappa shape index (κ2) is 9.06. The third-order valence-corrected chi connectivity index (χ3v) is 4.15. The van der Waals surface area contributed by atoms with Gasteiger partial charge in [-0.15, -0.1) is 0 Å². The molecule has 0 aliphatic heterocycles. The van der Waals surface area contributed by atoms with Crippen LogP contribution in [-0.2, 0) is 0 Å². The minimum atomic E-state index is -0.200. The van der Waals surface area contributed by atoms with Crippen LogP contribution in [0.5, 0.6) is 5.75 Å². The predicted octanol–water partition coefficient (Wildman–Crippen LogP) is 3.72. The van der Waals surface area contributed by atoms with Gasteiger partial charge in [-0.2, -0.15) is 0 Å². The maximum Gasteiger partial charge on any atom is 0.122 e. The fourth-order valence-corrected chi connectivity index (χ4v) is 2.53. The third-order valence-electron chi connectivity index (χ3n) is 4.15. The maximum absolute atomic E-state index is 9.48. The number of aliphatic hydroxyl groups is 1. The molecular weight excluding hydrogens is 262 g/mol. The molecule has 0 aliphatic carbocycles. The van der Waals surface area contributed by atoms with Crippen LogP contribution in [0.1, 0.15) is 58.4 Å². The van der Waals surface area contributed by atoms with Gasteiger partial charge in [-0.3, -0.25) is 0 Å². The zero-order chi connectivity index (χ0) is 15.7. The Morgan fingerprint density at radius 2 is 2.00 bits per heavy atom. The van der Waals surface area contributed by atoms with Gasteiger partial charge in [0.15, 0.2) is 0 Å². The first-order valence-corrected chi connectivity index (χ1v) is 8.14. The molecule has 0 aliphatic rings. The number of hydrogen-bond donors (Lipinski definition) is 2. The van der Waals surface area contributed by atoms with Gasteiger partial charge in [0.05, 0.1) is 13.2 Å². The molecular formula is C18H31NO2. The summed E-state index contributed by atoms with van der Waals surface area (Å²) < 4.78 is 5.97. The van der Waals surface area contributed by atoms with E-state index in [4.69, 9.17) is 4.74 Å². The van der Waals surface area contributed by atoms with E-state index in [2.05, 4.69) is 51.2 Å². The van der Waals surface area contributed by atoms with Crippen LogP contribution >= 0.6 is 0 Å². The van der Waals surface area contributed by atoms with Crippen LogP contribution in [0.25, 0.3) is 0 Å². The second-order valence-electron chi connectivity index (χ2n) is 6.05. The van der Waals surface area contributed by atoms with Crippen molar-refractivity contribution in [1.82, 2.24) is 5.32 Å². The summed E-state index contributed by atoms with van der Waals surface area (Å²) in [5, 5.41) is 12.8. The number of rotatable bonds is 10. The SMILES string of the molecule is CCNC(C)(CO)CCCOc1ccccc1C(C)CC. The molecule has 1 aromatic rings. The van der Waals surface area contributed by atoms with Gasteiger partial charge in [-0.05, 0) is 50.3 Å². The summed E-state index contributed by atoms with van der Waals surface area (Å²) in [6.45, 7) is 10.3. The average Bonchev–Trinajstić information content (AvgIpc) is 2.51. The first-order chi connectivity index (χ1) is 10.1. The molecule has 2 N–H and O–H groups in total. The van der Waals surface area contributed by atoms with Crippen molar-refractivity contribution in [1.29, 1.82) is 0 Å². The van der Waals surface area contributed by atoms with E-state index in [1.807, 2.05) is 6.07 Å². The van der Waals surface area contributed by atoms with Gasteiger partial charge in [0.2, 0.25) is 0 Å². The first kappa shape index (κ1) is 18.0. The molecule has 2 atom stereocenters. The number of para-hydroxylation sites is 1. The highest BCUT2D eigenvalue weighted by Crippen LogP contribution is 2.28. The van der Waals surface area contributed by atoms with Crippen LogP contribution in [0.3, 0.4) is 0 Å². The maximum atomic E-state index is 9.48. The zero-order valence-electron chi connectivity index (χ0n) is 14.0. The zero-order valence-corrected chi connectivity index (χ0v) is 14.0. The highest BCUT2D eigenvalue weighted by molar-refractivity contribution is 5.35. The summed E-state index contributed by atoms with van der Waals surface area (Å²) in [7, 11) is 0. The number of likely N-dealkylation sites (N-methyl/N-ethyl adjacent to an activating group) is 1. The average molecular weight is 293 g/mol. The molecule has 0 bridgehead atoms. The van der Waals surface area contributed by atoms with Crippen molar-refractivity contribution >= 4 is 0 Å². The van der Waals surface area contributed by atoms with E-state index >= 15 is 0 Å². The highest BCUT2D eigenvalue weighted by atomic mass is 16.5. The lowest BCUT2D eigenvalue weighted by Crippen LogP contribution is -2.45. The van der Waals surface area contributed by atoms with E-state index in [0.717, 1.165) is 31.6 Å². The Labute approximate surface area is 129 Å². The van der Waals surface area contributed by atoms with Gasteiger partial charge < -0.3 is 15.2 Å². The Kier molecular flexibility index (Phi) is 7.76. The molecule has 0 heterocycles. The molecule has 3 heteroatoms. The molecule has 0 spiro atoms. The van der Waals surface area contributed by atoms with Crippen molar-refractivity contribution in [3.8, 4) is 5.75 Å². The largest absolute Gasteiger partial charge is 0.493 e. The van der Waals surface area contributed by atoms with Gasteiger partial charge in [0, 0.05) is 5.54 Å². The van der Waals surface area contributed by atoms with Crippen LogP contribution < -0.4 is 10.1 Å². The molecule has 3 nitrogen and oxygen atoms in total. The standard InChI is InChI=1S/C18H31NO2/c1-5-15(3)16-10-7-8-11-17(16)21-13-9-12-18(4,14-20)19-6-2/h7-8,10-11,15,19-20H,5-6,9,12-14H2,1-4H3. The van der Waals surface area contributed by atoms with E-state index in [-0.39, 0.29) is 12.1 Å². The van der Waals surface area contributed by atoms with E-state index in [9.17, 15) is 5.11 Å². The minimum Gasteiger partial charge on any atom is -0.493 e. The second-order valence-corrected chi connectivity index (χ2v) is 6.05. The normalized spacial score (nSPS) is 15.5. The smallest absolute Gasteiger partial charge is 0.122 e. The summed E-state index contributed by atoms with van der Waals surface area (Å²) >= 11 is 0. The summed E-state index contributed by atoms with van der Waals surface area (Å²) in [5.41, 5.74) is 1.09. The van der Waals surface area contributed by atoms with Crippen molar-refractivity contribution in [2.75, 3.05) is 19.8 Å². The Morgan fingerprint density at radius 1 is 1.29 bits per heavy atom. The van der Waals surface area contributed by atoms with Crippen LogP contribution in [0.15, 0.2) is 24.3 Å². The number of benzene rings is 1. The fourth-order valence-electron chi connectivity index (χ4n) is 2.53. The number of nitrogens with one attached hydrogen (secondary N) is 1. The van der Waals surface area contributed by atoms with E-state index in [1.54, 1.807) is 0 Å². The molecule has 0 saturated carbocycles. The molecule has 1 rings (SSSR count). The molecule has 21 heavy (non-hydrogen) atoms. The first-order valence-electron chi connectivity index (χ1n) is 8.14. The lowest BCUT2D eigenvalue weighted by molar-refractivity contribution is 0.157. The molecule has 0 radical (unpaired) electrons. The van der Waals surface area contributed by atoms with E-state index in [1.165, 1.54) is 5.56 Å². The Morgan fingerprint density at radius 3 is 2.62 bits per heavy atom. The quantitative estimate of drug-likeness (QED) is 0.646. The molecule has 0 fully saturated rings. The summed E-state index contributed by atoms with van der Waals surface area (Å²) in [4.78, 5) is 0. The van der Waals surface area contributed by atoms with Gasteiger partial charge in [-0.1, -0.05) is 39.0 Å². The van der Waals surface area contributed by atoms with Gasteiger partial charge in [0.1, 0.15) is 5.75 Å². The van der Waals surface area contributed by atoms with Gasteiger partial charge >= 0.3 is 0 Å². The van der Waals surface area contributed by atoms with Crippen molar-refractivity contribution < 1.29 is 9.84 Å². The summed E-state index contributed by atoms with van der Waals surface area (Å²) in [6.07, 6.45) is 2.95. The van der Waals surface area contributed by atoms with E-state index < -0.39 is 0 Å². The molecule has 0 amide bonds. The molecule has 2 unspecified atom stereocenters. The number of hydrogen-bond acceptors (Lipinski definition) is 3. The predicted molar refractivity (Wildman–Crippen MR) is 89.0 cm³/mol. The third kappa shape index (κ3) is 5.68. The van der Waals surface area contributed by atoms with Crippen molar-refractivity contribution in [3.05, 3.63) is 29.8 Å². The van der Waals surface area contributed by atoms with Gasteiger partial charge in [-0.25, -0.2) is 0 Å². The molecule has 0 aromatic heterocycles. The van der Waals surface area contributed by atoms with Crippen molar-refractivity contribution in [2.24, 2.45) is 0 Å². The Balaban J connectivity index is 2.49. The monoisotopic (exact) mass is 293 g/mol. The Hall–Kier alpha value is -1.06. The number of ether oxygens (including phenoxy) is 1.